The first-order valence-electron chi connectivity index (χ1n) is 9.65. The van der Waals surface area contributed by atoms with Crippen molar-refractivity contribution in [2.24, 2.45) is 0 Å². The van der Waals surface area contributed by atoms with Gasteiger partial charge in [-0.3, -0.25) is 0 Å². The minimum atomic E-state index is 0.654. The van der Waals surface area contributed by atoms with Crippen LogP contribution in [0.1, 0.15) is 51.9 Å². The Morgan fingerprint density at radius 2 is 1.73 bits per heavy atom. The lowest BCUT2D eigenvalue weighted by atomic mass is 10.1. The molecule has 0 unspecified atom stereocenters. The van der Waals surface area contributed by atoms with Crippen molar-refractivity contribution in [2.75, 3.05) is 6.61 Å². The minimum absolute atomic E-state index is 0.654. The van der Waals surface area contributed by atoms with Crippen molar-refractivity contribution < 1.29 is 4.74 Å². The van der Waals surface area contributed by atoms with Gasteiger partial charge in [-0.1, -0.05) is 69.2 Å². The molecule has 0 bridgehead atoms. The summed E-state index contributed by atoms with van der Waals surface area (Å²) in [6, 6.07) is 13.8. The third kappa shape index (κ3) is 5.01. The first-order chi connectivity index (χ1) is 12.8. The van der Waals surface area contributed by atoms with Gasteiger partial charge >= 0.3 is 0 Å². The molecule has 0 atom stereocenters. The second-order valence-electron chi connectivity index (χ2n) is 6.71. The second kappa shape index (κ2) is 9.63. The number of imidazole rings is 1. The third-order valence-electron chi connectivity index (χ3n) is 4.60. The largest absolute Gasteiger partial charge is 0.494 e. The zero-order valence-electron chi connectivity index (χ0n) is 15.4. The molecule has 3 rings (SSSR count). The molecular formula is C22H27ClN2O. The van der Waals surface area contributed by atoms with Crippen LogP contribution in [-0.2, 0) is 0 Å². The monoisotopic (exact) mass is 370 g/mol. The van der Waals surface area contributed by atoms with Crippen molar-refractivity contribution in [2.45, 2.75) is 51.9 Å². The highest BCUT2D eigenvalue weighted by atomic mass is 35.5. The van der Waals surface area contributed by atoms with Gasteiger partial charge < -0.3 is 9.72 Å². The zero-order valence-corrected chi connectivity index (χ0v) is 16.2. The van der Waals surface area contributed by atoms with E-state index in [2.05, 4.69) is 16.9 Å². The average Bonchev–Trinajstić information content (AvgIpc) is 3.08. The molecule has 0 saturated carbocycles. The summed E-state index contributed by atoms with van der Waals surface area (Å²) in [6.45, 7) is 2.99. The Morgan fingerprint density at radius 3 is 2.50 bits per heavy atom. The summed E-state index contributed by atoms with van der Waals surface area (Å²) >= 11 is 6.46. The summed E-state index contributed by atoms with van der Waals surface area (Å²) in [5.41, 5.74) is 2.85. The topological polar surface area (TPSA) is 37.9 Å². The van der Waals surface area contributed by atoms with Crippen molar-refractivity contribution in [1.29, 1.82) is 0 Å². The van der Waals surface area contributed by atoms with Gasteiger partial charge in [0.15, 0.2) is 0 Å². The van der Waals surface area contributed by atoms with Crippen LogP contribution >= 0.6 is 11.6 Å². The number of rotatable bonds is 10. The normalized spacial score (nSPS) is 11.2. The van der Waals surface area contributed by atoms with Crippen LogP contribution in [0.15, 0.2) is 42.5 Å². The highest BCUT2D eigenvalue weighted by Crippen LogP contribution is 2.30. The molecule has 138 valence electrons. The van der Waals surface area contributed by atoms with Crippen LogP contribution in [0.3, 0.4) is 0 Å². The lowest BCUT2D eigenvalue weighted by Crippen LogP contribution is -1.97. The van der Waals surface area contributed by atoms with Gasteiger partial charge in [-0.15, -0.1) is 0 Å². The fraction of sp³-hybridized carbons (Fsp3) is 0.409. The Morgan fingerprint density at radius 1 is 0.962 bits per heavy atom. The van der Waals surface area contributed by atoms with Crippen molar-refractivity contribution >= 4 is 22.6 Å². The van der Waals surface area contributed by atoms with Crippen LogP contribution in [0.4, 0.5) is 0 Å². The molecule has 1 aromatic heterocycles. The van der Waals surface area contributed by atoms with E-state index >= 15 is 0 Å². The molecule has 4 heteroatoms. The maximum Gasteiger partial charge on any atom is 0.140 e. The number of ether oxygens (including phenoxy) is 1. The summed E-state index contributed by atoms with van der Waals surface area (Å²) in [6.07, 6.45) is 8.97. The van der Waals surface area contributed by atoms with E-state index in [4.69, 9.17) is 16.3 Å². The van der Waals surface area contributed by atoms with E-state index in [0.717, 1.165) is 41.2 Å². The summed E-state index contributed by atoms with van der Waals surface area (Å²) in [7, 11) is 0. The average molecular weight is 371 g/mol. The number of aromatic amines is 1. The number of aromatic nitrogens is 2. The standard InChI is InChI=1S/C22H27ClN2O/c1-2-3-4-5-6-7-10-15-26-17-13-14-18(19(23)16-17)22-24-20-11-8-9-12-21(20)25-22/h8-9,11-14,16H,2-7,10,15H2,1H3,(H,24,25). The van der Waals surface area contributed by atoms with Gasteiger partial charge in [0, 0.05) is 5.56 Å². The molecular weight excluding hydrogens is 344 g/mol. The fourth-order valence-electron chi connectivity index (χ4n) is 3.11. The van der Waals surface area contributed by atoms with E-state index in [0.29, 0.717) is 5.02 Å². The van der Waals surface area contributed by atoms with Gasteiger partial charge in [0.05, 0.1) is 22.7 Å². The number of fused-ring (bicyclic) bond motifs is 1. The molecule has 0 radical (unpaired) electrons. The van der Waals surface area contributed by atoms with E-state index in [9.17, 15) is 0 Å². The van der Waals surface area contributed by atoms with E-state index in [-0.39, 0.29) is 0 Å². The number of nitrogens with zero attached hydrogens (tertiary/aromatic N) is 1. The molecule has 26 heavy (non-hydrogen) atoms. The first kappa shape index (κ1) is 18.8. The first-order valence-corrected chi connectivity index (χ1v) is 10.0. The SMILES string of the molecule is CCCCCCCCCOc1ccc(-c2nc3ccccc3[nH]2)c(Cl)c1. The maximum atomic E-state index is 6.46. The quantitative estimate of drug-likeness (QED) is 0.389. The number of hydrogen-bond acceptors (Lipinski definition) is 2. The molecule has 0 aliphatic carbocycles. The number of halogens is 1. The molecule has 1 heterocycles. The molecule has 0 spiro atoms. The van der Waals surface area contributed by atoms with Crippen LogP contribution in [0.5, 0.6) is 5.75 Å². The Bertz CT molecular complexity index is 795. The van der Waals surface area contributed by atoms with Gasteiger partial charge in [0.2, 0.25) is 0 Å². The predicted octanol–water partition coefficient (Wildman–Crippen LogP) is 7.01. The summed E-state index contributed by atoms with van der Waals surface area (Å²) < 4.78 is 5.85. The van der Waals surface area contributed by atoms with Crippen molar-refractivity contribution in [1.82, 2.24) is 9.97 Å². The van der Waals surface area contributed by atoms with Gasteiger partial charge in [0.25, 0.3) is 0 Å². The Labute approximate surface area is 160 Å². The Kier molecular flexibility index (Phi) is 6.96. The number of hydrogen-bond donors (Lipinski definition) is 1. The van der Waals surface area contributed by atoms with Crippen LogP contribution in [0.25, 0.3) is 22.4 Å². The molecule has 2 aromatic carbocycles. The lowest BCUT2D eigenvalue weighted by Gasteiger charge is -2.08. The molecule has 1 N–H and O–H groups in total. The van der Waals surface area contributed by atoms with E-state index in [1.54, 1.807) is 0 Å². The predicted molar refractivity (Wildman–Crippen MR) is 110 cm³/mol. The zero-order chi connectivity index (χ0) is 18.2. The van der Waals surface area contributed by atoms with Crippen LogP contribution in [-0.4, -0.2) is 16.6 Å². The summed E-state index contributed by atoms with van der Waals surface area (Å²) in [5.74, 6) is 1.61. The number of nitrogens with one attached hydrogen (secondary N) is 1. The number of benzene rings is 2. The van der Waals surface area contributed by atoms with Gasteiger partial charge in [0.1, 0.15) is 11.6 Å². The minimum Gasteiger partial charge on any atom is -0.494 e. The molecule has 3 aromatic rings. The van der Waals surface area contributed by atoms with Crippen molar-refractivity contribution in [3.63, 3.8) is 0 Å². The van der Waals surface area contributed by atoms with Gasteiger partial charge in [-0.2, -0.15) is 0 Å². The molecule has 0 fully saturated rings. The molecule has 0 aliphatic heterocycles. The highest BCUT2D eigenvalue weighted by molar-refractivity contribution is 6.33. The van der Waals surface area contributed by atoms with Crippen LogP contribution in [0, 0.1) is 0 Å². The second-order valence-corrected chi connectivity index (χ2v) is 7.12. The van der Waals surface area contributed by atoms with Crippen molar-refractivity contribution in [3.8, 4) is 17.1 Å². The summed E-state index contributed by atoms with van der Waals surface area (Å²) in [4.78, 5) is 7.93. The Hall–Kier alpha value is -2.00. The molecule has 0 saturated heterocycles. The fourth-order valence-corrected chi connectivity index (χ4v) is 3.37. The smallest absolute Gasteiger partial charge is 0.140 e. The van der Waals surface area contributed by atoms with Crippen molar-refractivity contribution in [3.05, 3.63) is 47.5 Å². The maximum absolute atomic E-state index is 6.46. The van der Waals surface area contributed by atoms with E-state index in [1.165, 1.54) is 38.5 Å². The third-order valence-corrected chi connectivity index (χ3v) is 4.91. The van der Waals surface area contributed by atoms with Gasteiger partial charge in [-0.25, -0.2) is 4.98 Å². The lowest BCUT2D eigenvalue weighted by molar-refractivity contribution is 0.304. The Balaban J connectivity index is 1.51. The summed E-state index contributed by atoms with van der Waals surface area (Å²) in [5, 5.41) is 0.654. The van der Waals surface area contributed by atoms with E-state index in [1.807, 2.05) is 42.5 Å². The van der Waals surface area contributed by atoms with E-state index < -0.39 is 0 Å². The molecule has 0 amide bonds. The van der Waals surface area contributed by atoms with Gasteiger partial charge in [-0.05, 0) is 36.8 Å². The highest BCUT2D eigenvalue weighted by Gasteiger charge is 2.10. The number of H-pyrrole nitrogens is 1. The number of para-hydroxylation sites is 2. The number of unbranched alkanes of at least 4 members (excludes halogenated alkanes) is 6. The van der Waals surface area contributed by atoms with Crippen LogP contribution in [0.2, 0.25) is 5.02 Å². The molecule has 0 aliphatic rings. The van der Waals surface area contributed by atoms with Crippen LogP contribution < -0.4 is 4.74 Å². The molecule has 3 nitrogen and oxygen atoms in total.